The molecule has 0 unspecified atom stereocenters. The molecule has 2 aromatic rings. The molecule has 0 aliphatic rings. The second-order valence-corrected chi connectivity index (χ2v) is 7.79. The maximum Gasteiger partial charge on any atom is 0.265 e. The molecule has 0 spiro atoms. The second-order valence-electron chi connectivity index (χ2n) is 4.68. The van der Waals surface area contributed by atoms with Crippen LogP contribution in [0.15, 0.2) is 41.3 Å². The van der Waals surface area contributed by atoms with Crippen LogP contribution < -0.4 is 4.31 Å². The molecule has 0 N–H and O–H groups in total. The first-order chi connectivity index (χ1) is 10.3. The van der Waals surface area contributed by atoms with Crippen molar-refractivity contribution in [2.45, 2.75) is 18.7 Å². The van der Waals surface area contributed by atoms with Crippen LogP contribution in [0.5, 0.6) is 0 Å². The lowest BCUT2D eigenvalue weighted by atomic mass is 10.2. The van der Waals surface area contributed by atoms with Gasteiger partial charge in [-0.1, -0.05) is 40.9 Å². The fourth-order valence-electron chi connectivity index (χ4n) is 2.11. The smallest absolute Gasteiger partial charge is 0.265 e. The summed E-state index contributed by atoms with van der Waals surface area (Å²) < 4.78 is 27.1. The van der Waals surface area contributed by atoms with Gasteiger partial charge in [0.1, 0.15) is 4.90 Å². The molecule has 118 valence electrons. The molecule has 22 heavy (non-hydrogen) atoms. The Balaban J connectivity index is 2.63. The van der Waals surface area contributed by atoms with E-state index in [9.17, 15) is 8.42 Å². The van der Waals surface area contributed by atoms with E-state index in [2.05, 4.69) is 0 Å². The highest BCUT2D eigenvalue weighted by molar-refractivity contribution is 7.93. The molecule has 0 saturated carbocycles. The first-order valence-electron chi connectivity index (χ1n) is 6.51. The number of rotatable bonds is 4. The molecule has 0 saturated heterocycles. The van der Waals surface area contributed by atoms with E-state index in [1.807, 2.05) is 6.92 Å². The van der Waals surface area contributed by atoms with Gasteiger partial charge in [0.15, 0.2) is 0 Å². The molecule has 0 atom stereocenters. The van der Waals surface area contributed by atoms with Gasteiger partial charge in [-0.15, -0.1) is 0 Å². The fraction of sp³-hybridized carbons (Fsp3) is 0.200. The van der Waals surface area contributed by atoms with E-state index < -0.39 is 10.0 Å². The summed E-state index contributed by atoms with van der Waals surface area (Å²) in [5.41, 5.74) is 1.32. The van der Waals surface area contributed by atoms with Crippen LogP contribution in [0.2, 0.25) is 15.1 Å². The third kappa shape index (κ3) is 3.35. The van der Waals surface area contributed by atoms with Gasteiger partial charge in [0.25, 0.3) is 10.0 Å². The van der Waals surface area contributed by atoms with Crippen LogP contribution in [0.3, 0.4) is 0 Å². The number of aryl methyl sites for hydroxylation is 1. The van der Waals surface area contributed by atoms with Gasteiger partial charge in [0, 0.05) is 16.6 Å². The molecule has 0 fully saturated rings. The quantitative estimate of drug-likeness (QED) is 0.736. The van der Waals surface area contributed by atoms with Crippen molar-refractivity contribution in [2.75, 3.05) is 10.8 Å². The average Bonchev–Trinajstić information content (AvgIpc) is 2.45. The highest BCUT2D eigenvalue weighted by Gasteiger charge is 2.27. The van der Waals surface area contributed by atoms with Gasteiger partial charge in [0.2, 0.25) is 0 Å². The number of hydrogen-bond acceptors (Lipinski definition) is 2. The molecule has 0 amide bonds. The number of hydrogen-bond donors (Lipinski definition) is 0. The second kappa shape index (κ2) is 6.67. The van der Waals surface area contributed by atoms with Gasteiger partial charge in [-0.25, -0.2) is 8.42 Å². The number of benzene rings is 2. The molecule has 0 bridgehead atoms. The van der Waals surface area contributed by atoms with Gasteiger partial charge >= 0.3 is 0 Å². The van der Waals surface area contributed by atoms with E-state index in [1.54, 1.807) is 31.2 Å². The highest BCUT2D eigenvalue weighted by Crippen LogP contribution is 2.33. The Hall–Kier alpha value is -0.940. The Labute approximate surface area is 145 Å². The van der Waals surface area contributed by atoms with Crippen molar-refractivity contribution in [2.24, 2.45) is 0 Å². The molecular formula is C15H14Cl3NO2S. The lowest BCUT2D eigenvalue weighted by Crippen LogP contribution is -2.31. The molecule has 7 heteroatoms. The summed E-state index contributed by atoms with van der Waals surface area (Å²) in [6, 6.07) is 9.47. The minimum Gasteiger partial charge on any atom is -0.266 e. The molecule has 2 aromatic carbocycles. The van der Waals surface area contributed by atoms with Crippen molar-refractivity contribution in [3.8, 4) is 0 Å². The van der Waals surface area contributed by atoms with Gasteiger partial charge in [-0.2, -0.15) is 0 Å². The lowest BCUT2D eigenvalue weighted by molar-refractivity contribution is 0.592. The first kappa shape index (κ1) is 17.4. The zero-order valence-corrected chi connectivity index (χ0v) is 15.1. The maximum absolute atomic E-state index is 12.9. The molecule has 0 aliphatic heterocycles. The predicted molar refractivity (Wildman–Crippen MR) is 92.9 cm³/mol. The van der Waals surface area contributed by atoms with Crippen molar-refractivity contribution >= 4 is 50.5 Å². The summed E-state index contributed by atoms with van der Waals surface area (Å²) >= 11 is 18.0. The average molecular weight is 379 g/mol. The van der Waals surface area contributed by atoms with Crippen molar-refractivity contribution in [3.63, 3.8) is 0 Å². The monoisotopic (exact) mass is 377 g/mol. The van der Waals surface area contributed by atoms with Gasteiger partial charge in [-0.05, 0) is 49.7 Å². The number of nitrogens with zero attached hydrogens (tertiary/aromatic N) is 1. The normalized spacial score (nSPS) is 11.5. The number of sulfonamides is 1. The topological polar surface area (TPSA) is 37.4 Å². The molecule has 0 aliphatic carbocycles. The van der Waals surface area contributed by atoms with Crippen LogP contribution in [-0.4, -0.2) is 15.0 Å². The van der Waals surface area contributed by atoms with E-state index in [0.717, 1.165) is 5.56 Å². The van der Waals surface area contributed by atoms with E-state index >= 15 is 0 Å². The Morgan fingerprint density at radius 3 is 2.23 bits per heavy atom. The lowest BCUT2D eigenvalue weighted by Gasteiger charge is -2.25. The van der Waals surface area contributed by atoms with E-state index in [4.69, 9.17) is 34.8 Å². The first-order valence-corrected chi connectivity index (χ1v) is 9.08. The van der Waals surface area contributed by atoms with Gasteiger partial charge in [0.05, 0.1) is 10.7 Å². The highest BCUT2D eigenvalue weighted by atomic mass is 35.5. The Bertz CT molecular complexity index is 806. The molecule has 0 radical (unpaired) electrons. The Kier molecular flexibility index (Phi) is 5.28. The van der Waals surface area contributed by atoms with Crippen molar-refractivity contribution in [1.82, 2.24) is 0 Å². The number of anilines is 1. The third-order valence-electron chi connectivity index (χ3n) is 3.19. The van der Waals surface area contributed by atoms with E-state index in [1.165, 1.54) is 16.4 Å². The zero-order valence-electron chi connectivity index (χ0n) is 12.0. The zero-order chi connectivity index (χ0) is 16.5. The van der Waals surface area contributed by atoms with E-state index in [0.29, 0.717) is 15.7 Å². The SMILES string of the molecule is CCN(c1cc(Cl)ccc1C)S(=O)(=O)c1cc(Cl)ccc1Cl. The molecular weight excluding hydrogens is 365 g/mol. The minimum atomic E-state index is -3.84. The van der Waals surface area contributed by atoms with Crippen molar-refractivity contribution in [3.05, 3.63) is 57.0 Å². The van der Waals surface area contributed by atoms with Gasteiger partial charge < -0.3 is 0 Å². The van der Waals surface area contributed by atoms with Crippen molar-refractivity contribution < 1.29 is 8.42 Å². The predicted octanol–water partition coefficient (Wildman–Crippen LogP) is 5.17. The van der Waals surface area contributed by atoms with Crippen LogP contribution in [0, 0.1) is 6.92 Å². The van der Waals surface area contributed by atoms with Crippen LogP contribution >= 0.6 is 34.8 Å². The Morgan fingerprint density at radius 1 is 1.00 bits per heavy atom. The van der Waals surface area contributed by atoms with E-state index in [-0.39, 0.29) is 16.5 Å². The van der Waals surface area contributed by atoms with Gasteiger partial charge in [-0.3, -0.25) is 4.31 Å². The molecule has 2 rings (SSSR count). The third-order valence-corrected chi connectivity index (χ3v) is 6.03. The minimum absolute atomic E-state index is 0.0251. The molecule has 3 nitrogen and oxygen atoms in total. The number of halogens is 3. The van der Waals surface area contributed by atoms with Crippen LogP contribution in [0.4, 0.5) is 5.69 Å². The fourth-order valence-corrected chi connectivity index (χ4v) is 4.55. The molecule has 0 aromatic heterocycles. The summed E-state index contributed by atoms with van der Waals surface area (Å²) in [4.78, 5) is -0.0251. The maximum atomic E-state index is 12.9. The largest absolute Gasteiger partial charge is 0.266 e. The van der Waals surface area contributed by atoms with Crippen LogP contribution in [-0.2, 0) is 10.0 Å². The summed E-state index contributed by atoms with van der Waals surface area (Å²) in [6.45, 7) is 3.81. The Morgan fingerprint density at radius 2 is 1.59 bits per heavy atom. The summed E-state index contributed by atoms with van der Waals surface area (Å²) in [7, 11) is -3.84. The molecule has 0 heterocycles. The van der Waals surface area contributed by atoms with Crippen LogP contribution in [0.25, 0.3) is 0 Å². The standard InChI is InChI=1S/C15H14Cl3NO2S/c1-3-19(14-8-11(16)5-4-10(14)2)22(20,21)15-9-12(17)6-7-13(15)18/h4-9H,3H2,1-2H3. The van der Waals surface area contributed by atoms with Crippen LogP contribution in [0.1, 0.15) is 12.5 Å². The summed E-state index contributed by atoms with van der Waals surface area (Å²) in [5.74, 6) is 0. The summed E-state index contributed by atoms with van der Waals surface area (Å²) in [5, 5.41) is 0.899. The summed E-state index contributed by atoms with van der Waals surface area (Å²) in [6.07, 6.45) is 0. The van der Waals surface area contributed by atoms with Crippen molar-refractivity contribution in [1.29, 1.82) is 0 Å².